The minimum atomic E-state index is 0.0300. The van der Waals surface area contributed by atoms with Crippen LogP contribution in [-0.4, -0.2) is 5.78 Å². The van der Waals surface area contributed by atoms with Gasteiger partial charge in [0.1, 0.15) is 5.76 Å². The van der Waals surface area contributed by atoms with Gasteiger partial charge in [-0.3, -0.25) is 4.79 Å². The van der Waals surface area contributed by atoms with Gasteiger partial charge in [0.2, 0.25) is 5.78 Å². The highest BCUT2D eigenvalue weighted by molar-refractivity contribution is 5.95. The molecule has 0 atom stereocenters. The van der Waals surface area contributed by atoms with E-state index in [1.165, 1.54) is 5.56 Å². The molecule has 17 heavy (non-hydrogen) atoms. The van der Waals surface area contributed by atoms with Gasteiger partial charge >= 0.3 is 0 Å². The lowest BCUT2D eigenvalue weighted by Crippen LogP contribution is -2.02. The van der Waals surface area contributed by atoms with Gasteiger partial charge in [-0.05, 0) is 36.6 Å². The number of ketones is 1. The molecular weight excluding hydrogens is 212 g/mol. The first-order valence-corrected chi connectivity index (χ1v) is 5.86. The van der Waals surface area contributed by atoms with E-state index in [-0.39, 0.29) is 5.78 Å². The Morgan fingerprint density at radius 3 is 2.24 bits per heavy atom. The minimum absolute atomic E-state index is 0.0300. The molecule has 0 aliphatic rings. The molecule has 0 aliphatic carbocycles. The normalized spacial score (nSPS) is 10.5. The summed E-state index contributed by atoms with van der Waals surface area (Å²) in [4.78, 5) is 11.9. The van der Waals surface area contributed by atoms with Crippen molar-refractivity contribution in [2.45, 2.75) is 26.7 Å². The van der Waals surface area contributed by atoms with E-state index in [1.807, 2.05) is 25.1 Å². The molecule has 2 rings (SSSR count). The molecule has 0 saturated carbocycles. The molecule has 0 N–H and O–H groups in total. The first-order valence-electron chi connectivity index (χ1n) is 5.86. The zero-order valence-electron chi connectivity index (χ0n) is 10.2. The summed E-state index contributed by atoms with van der Waals surface area (Å²) < 4.78 is 5.31. The third kappa shape index (κ3) is 2.84. The zero-order chi connectivity index (χ0) is 12.3. The SMILES string of the molecule is CCc1ccc(CC(=O)c2ccc(C)o2)cc1. The molecule has 1 heterocycles. The Bertz CT molecular complexity index is 506. The molecule has 0 radical (unpaired) electrons. The number of aryl methyl sites for hydroxylation is 2. The van der Waals surface area contributed by atoms with Crippen molar-refractivity contribution in [2.75, 3.05) is 0 Å². The van der Waals surface area contributed by atoms with Gasteiger partial charge in [0.25, 0.3) is 0 Å². The first-order chi connectivity index (χ1) is 8.19. The lowest BCUT2D eigenvalue weighted by atomic mass is 10.0. The summed E-state index contributed by atoms with van der Waals surface area (Å²) in [6.07, 6.45) is 1.42. The number of carbonyl (C=O) groups is 1. The smallest absolute Gasteiger partial charge is 0.202 e. The second-order valence-corrected chi connectivity index (χ2v) is 4.18. The van der Waals surface area contributed by atoms with Crippen molar-refractivity contribution in [3.8, 4) is 0 Å². The van der Waals surface area contributed by atoms with Crippen molar-refractivity contribution in [1.29, 1.82) is 0 Å². The van der Waals surface area contributed by atoms with Crippen molar-refractivity contribution < 1.29 is 9.21 Å². The van der Waals surface area contributed by atoms with Crippen molar-refractivity contribution in [3.63, 3.8) is 0 Å². The quantitative estimate of drug-likeness (QED) is 0.749. The average Bonchev–Trinajstić information content (AvgIpc) is 2.77. The molecule has 0 aliphatic heterocycles. The van der Waals surface area contributed by atoms with Crippen LogP contribution in [0.4, 0.5) is 0 Å². The summed E-state index contributed by atoms with van der Waals surface area (Å²) >= 11 is 0. The predicted molar refractivity (Wildman–Crippen MR) is 67.3 cm³/mol. The topological polar surface area (TPSA) is 30.2 Å². The Morgan fingerprint density at radius 2 is 1.71 bits per heavy atom. The van der Waals surface area contributed by atoms with Gasteiger partial charge in [-0.25, -0.2) is 0 Å². The summed E-state index contributed by atoms with van der Waals surface area (Å²) in [5.74, 6) is 1.25. The van der Waals surface area contributed by atoms with E-state index in [4.69, 9.17) is 4.42 Å². The van der Waals surface area contributed by atoms with Gasteiger partial charge in [0, 0.05) is 6.42 Å². The summed E-state index contributed by atoms with van der Waals surface area (Å²) in [5, 5.41) is 0. The maximum Gasteiger partial charge on any atom is 0.202 e. The molecule has 2 aromatic rings. The van der Waals surface area contributed by atoms with E-state index in [0.29, 0.717) is 12.2 Å². The number of rotatable bonds is 4. The lowest BCUT2D eigenvalue weighted by molar-refractivity contribution is 0.0965. The van der Waals surface area contributed by atoms with Crippen LogP contribution in [0, 0.1) is 6.92 Å². The molecule has 0 spiro atoms. The molecule has 1 aromatic heterocycles. The van der Waals surface area contributed by atoms with Crippen LogP contribution in [0.25, 0.3) is 0 Å². The van der Waals surface area contributed by atoms with Crippen LogP contribution in [0.3, 0.4) is 0 Å². The Kier molecular flexibility index (Phi) is 3.43. The second-order valence-electron chi connectivity index (χ2n) is 4.18. The Balaban J connectivity index is 2.07. The molecule has 0 saturated heterocycles. The maximum atomic E-state index is 11.9. The second kappa shape index (κ2) is 5.00. The van der Waals surface area contributed by atoms with Crippen LogP contribution in [0.2, 0.25) is 0 Å². The molecule has 2 heteroatoms. The molecular formula is C15H16O2. The van der Waals surface area contributed by atoms with Crippen LogP contribution in [0.15, 0.2) is 40.8 Å². The number of hydrogen-bond donors (Lipinski definition) is 0. The standard InChI is InChI=1S/C15H16O2/c1-3-12-5-7-13(8-6-12)10-14(16)15-9-4-11(2)17-15/h4-9H,3,10H2,1-2H3. The highest BCUT2D eigenvalue weighted by Crippen LogP contribution is 2.12. The highest BCUT2D eigenvalue weighted by Gasteiger charge is 2.10. The lowest BCUT2D eigenvalue weighted by Gasteiger charge is -2.01. The van der Waals surface area contributed by atoms with Crippen molar-refractivity contribution >= 4 is 5.78 Å². The number of Topliss-reactive ketones (excluding diaryl/α,β-unsaturated/α-hetero) is 1. The number of hydrogen-bond acceptors (Lipinski definition) is 2. The number of furan rings is 1. The fraction of sp³-hybridized carbons (Fsp3) is 0.267. The van der Waals surface area contributed by atoms with E-state index in [1.54, 1.807) is 6.07 Å². The molecule has 0 fully saturated rings. The summed E-state index contributed by atoms with van der Waals surface area (Å²) in [6.45, 7) is 3.96. The van der Waals surface area contributed by atoms with Crippen molar-refractivity contribution in [2.24, 2.45) is 0 Å². The first kappa shape index (κ1) is 11.6. The molecule has 0 amide bonds. The molecule has 0 bridgehead atoms. The van der Waals surface area contributed by atoms with Gasteiger partial charge < -0.3 is 4.42 Å². The van der Waals surface area contributed by atoms with Crippen LogP contribution < -0.4 is 0 Å². The maximum absolute atomic E-state index is 11.9. The highest BCUT2D eigenvalue weighted by atomic mass is 16.3. The van der Waals surface area contributed by atoms with E-state index in [2.05, 4.69) is 19.1 Å². The molecule has 1 aromatic carbocycles. The van der Waals surface area contributed by atoms with Crippen LogP contribution >= 0.6 is 0 Å². The number of carbonyl (C=O) groups excluding carboxylic acids is 1. The monoisotopic (exact) mass is 228 g/mol. The van der Waals surface area contributed by atoms with Gasteiger partial charge in [-0.1, -0.05) is 31.2 Å². The molecule has 0 unspecified atom stereocenters. The third-order valence-corrected chi connectivity index (χ3v) is 2.81. The third-order valence-electron chi connectivity index (χ3n) is 2.81. The van der Waals surface area contributed by atoms with Gasteiger partial charge in [-0.15, -0.1) is 0 Å². The predicted octanol–water partition coefficient (Wildman–Crippen LogP) is 3.58. The fourth-order valence-electron chi connectivity index (χ4n) is 1.75. The van der Waals surface area contributed by atoms with Crippen LogP contribution in [0.5, 0.6) is 0 Å². The molecule has 2 nitrogen and oxygen atoms in total. The summed E-state index contributed by atoms with van der Waals surface area (Å²) in [5.41, 5.74) is 2.32. The van der Waals surface area contributed by atoms with Gasteiger partial charge in [-0.2, -0.15) is 0 Å². The minimum Gasteiger partial charge on any atom is -0.458 e. The Labute approximate surface area is 101 Å². The largest absolute Gasteiger partial charge is 0.458 e. The van der Waals surface area contributed by atoms with Gasteiger partial charge in [0.05, 0.1) is 0 Å². The zero-order valence-corrected chi connectivity index (χ0v) is 10.2. The van der Waals surface area contributed by atoms with E-state index in [9.17, 15) is 4.79 Å². The van der Waals surface area contributed by atoms with Crippen molar-refractivity contribution in [3.05, 3.63) is 59.0 Å². The Hall–Kier alpha value is -1.83. The van der Waals surface area contributed by atoms with E-state index >= 15 is 0 Å². The molecule has 88 valence electrons. The average molecular weight is 228 g/mol. The van der Waals surface area contributed by atoms with Crippen molar-refractivity contribution in [1.82, 2.24) is 0 Å². The van der Waals surface area contributed by atoms with Crippen LogP contribution in [-0.2, 0) is 12.8 Å². The fourth-order valence-corrected chi connectivity index (χ4v) is 1.75. The summed E-state index contributed by atoms with van der Waals surface area (Å²) in [6, 6.07) is 11.7. The van der Waals surface area contributed by atoms with E-state index < -0.39 is 0 Å². The van der Waals surface area contributed by atoms with E-state index in [0.717, 1.165) is 17.7 Å². The van der Waals surface area contributed by atoms with Crippen LogP contribution in [0.1, 0.15) is 34.4 Å². The summed E-state index contributed by atoms with van der Waals surface area (Å²) in [7, 11) is 0. The number of benzene rings is 1. The Morgan fingerprint density at radius 1 is 1.06 bits per heavy atom. The van der Waals surface area contributed by atoms with Gasteiger partial charge in [0.15, 0.2) is 5.76 Å².